The first-order valence-electron chi connectivity index (χ1n) is 6.86. The van der Waals surface area contributed by atoms with Gasteiger partial charge in [0, 0.05) is 0 Å². The van der Waals surface area contributed by atoms with Gasteiger partial charge >= 0.3 is 0 Å². The molecular weight excluding hydrogens is 264 g/mol. The van der Waals surface area contributed by atoms with Crippen LogP contribution in [-0.2, 0) is 6.42 Å². The maximum Gasteiger partial charge on any atom is 0.160 e. The first kappa shape index (κ1) is 15.2. The highest BCUT2D eigenvalue weighted by Gasteiger charge is 2.10. The largest absolute Gasteiger partial charge is 0.497 e. The fourth-order valence-corrected chi connectivity index (χ4v) is 2.29. The third kappa shape index (κ3) is 3.69. The Hall–Kier alpha value is -2.16. The predicted octanol–water partition coefficient (Wildman–Crippen LogP) is 3.87. The van der Waals surface area contributed by atoms with Crippen LogP contribution >= 0.6 is 0 Å². The highest BCUT2D eigenvalue weighted by Crippen LogP contribution is 2.30. The van der Waals surface area contributed by atoms with Gasteiger partial charge in [0.05, 0.1) is 21.3 Å². The second kappa shape index (κ2) is 7.02. The molecule has 0 fully saturated rings. The van der Waals surface area contributed by atoms with Crippen molar-refractivity contribution in [2.45, 2.75) is 12.3 Å². The number of hydrogen-bond donors (Lipinski definition) is 0. The van der Waals surface area contributed by atoms with Crippen molar-refractivity contribution in [2.75, 3.05) is 21.3 Å². The Morgan fingerprint density at radius 1 is 0.857 bits per heavy atom. The van der Waals surface area contributed by atoms with E-state index in [1.54, 1.807) is 21.3 Å². The lowest BCUT2D eigenvalue weighted by atomic mass is 9.93. The third-order valence-corrected chi connectivity index (χ3v) is 3.52. The van der Waals surface area contributed by atoms with Crippen molar-refractivity contribution in [2.24, 2.45) is 0 Å². The van der Waals surface area contributed by atoms with Crippen molar-refractivity contribution in [3.8, 4) is 17.2 Å². The molecule has 3 heteroatoms. The van der Waals surface area contributed by atoms with E-state index >= 15 is 0 Å². The van der Waals surface area contributed by atoms with Gasteiger partial charge in [-0.25, -0.2) is 0 Å². The molecule has 0 saturated heterocycles. The van der Waals surface area contributed by atoms with Crippen molar-refractivity contribution in [1.82, 2.24) is 0 Å². The van der Waals surface area contributed by atoms with Crippen LogP contribution in [-0.4, -0.2) is 21.3 Å². The summed E-state index contributed by atoms with van der Waals surface area (Å²) in [5.74, 6) is 2.52. The molecule has 2 aromatic carbocycles. The normalized spacial score (nSPS) is 11.8. The van der Waals surface area contributed by atoms with Crippen LogP contribution in [0.5, 0.6) is 17.2 Å². The second-order valence-electron chi connectivity index (χ2n) is 4.86. The zero-order valence-corrected chi connectivity index (χ0v) is 12.8. The Labute approximate surface area is 126 Å². The fraction of sp³-hybridized carbons (Fsp3) is 0.278. The van der Waals surface area contributed by atoms with Crippen LogP contribution in [0.15, 0.2) is 42.5 Å². The quantitative estimate of drug-likeness (QED) is 0.806. The standard InChI is InChI=1S/C18H21O3/c1-13(15-6-8-16(19-2)9-7-15)11-14-5-10-17(20-3)18(12-14)21-4/h5-10,12-13H,1,11H2,2-4H3. The Kier molecular flexibility index (Phi) is 5.09. The van der Waals surface area contributed by atoms with E-state index in [1.165, 1.54) is 11.1 Å². The minimum absolute atomic E-state index is 0.175. The Bertz CT molecular complexity index is 576. The molecule has 0 aliphatic heterocycles. The number of ether oxygens (including phenoxy) is 3. The van der Waals surface area contributed by atoms with Gasteiger partial charge in [0.15, 0.2) is 11.5 Å². The zero-order valence-electron chi connectivity index (χ0n) is 12.8. The van der Waals surface area contributed by atoms with E-state index in [0.29, 0.717) is 0 Å². The van der Waals surface area contributed by atoms with E-state index in [2.05, 4.69) is 19.1 Å². The van der Waals surface area contributed by atoms with Gasteiger partial charge in [0.1, 0.15) is 5.75 Å². The molecule has 1 atom stereocenters. The molecule has 2 aromatic rings. The van der Waals surface area contributed by atoms with Crippen LogP contribution in [0.4, 0.5) is 0 Å². The minimum Gasteiger partial charge on any atom is -0.497 e. The Balaban J connectivity index is 2.12. The molecule has 0 aliphatic carbocycles. The number of benzene rings is 2. The maximum atomic E-state index is 5.33. The molecule has 3 nitrogen and oxygen atoms in total. The van der Waals surface area contributed by atoms with Gasteiger partial charge in [-0.05, 0) is 54.7 Å². The molecule has 1 radical (unpaired) electrons. The van der Waals surface area contributed by atoms with Crippen molar-refractivity contribution in [3.63, 3.8) is 0 Å². The molecule has 0 bridgehead atoms. The van der Waals surface area contributed by atoms with Gasteiger partial charge in [-0.15, -0.1) is 0 Å². The van der Waals surface area contributed by atoms with E-state index in [9.17, 15) is 0 Å². The van der Waals surface area contributed by atoms with E-state index in [-0.39, 0.29) is 5.92 Å². The first-order valence-corrected chi connectivity index (χ1v) is 6.86. The number of hydrogen-bond acceptors (Lipinski definition) is 3. The van der Waals surface area contributed by atoms with Gasteiger partial charge in [-0.2, -0.15) is 0 Å². The van der Waals surface area contributed by atoms with Crippen molar-refractivity contribution in [1.29, 1.82) is 0 Å². The Morgan fingerprint density at radius 2 is 1.52 bits per heavy atom. The lowest BCUT2D eigenvalue weighted by Crippen LogP contribution is -2.00. The summed E-state index contributed by atoms with van der Waals surface area (Å²) in [6, 6.07) is 14.0. The number of rotatable bonds is 6. The summed E-state index contributed by atoms with van der Waals surface area (Å²) in [6.45, 7) is 4.24. The van der Waals surface area contributed by atoms with Crippen LogP contribution in [0.3, 0.4) is 0 Å². The van der Waals surface area contributed by atoms with Gasteiger partial charge in [0.2, 0.25) is 0 Å². The summed E-state index contributed by atoms with van der Waals surface area (Å²) in [5, 5.41) is 0. The molecule has 1 unspecified atom stereocenters. The summed E-state index contributed by atoms with van der Waals surface area (Å²) in [5.41, 5.74) is 2.36. The summed E-state index contributed by atoms with van der Waals surface area (Å²) in [4.78, 5) is 0. The highest BCUT2D eigenvalue weighted by atomic mass is 16.5. The molecule has 111 valence electrons. The van der Waals surface area contributed by atoms with Gasteiger partial charge in [-0.3, -0.25) is 0 Å². The highest BCUT2D eigenvalue weighted by molar-refractivity contribution is 5.43. The van der Waals surface area contributed by atoms with E-state index in [1.807, 2.05) is 30.3 Å². The molecule has 0 aromatic heterocycles. The number of methoxy groups -OCH3 is 3. The Morgan fingerprint density at radius 3 is 2.10 bits per heavy atom. The zero-order chi connectivity index (χ0) is 15.2. The molecule has 0 aliphatic rings. The van der Waals surface area contributed by atoms with Crippen molar-refractivity contribution in [3.05, 3.63) is 60.5 Å². The summed E-state index contributed by atoms with van der Waals surface area (Å²) >= 11 is 0. The topological polar surface area (TPSA) is 27.7 Å². The van der Waals surface area contributed by atoms with E-state index in [0.717, 1.165) is 23.7 Å². The van der Waals surface area contributed by atoms with E-state index in [4.69, 9.17) is 14.2 Å². The van der Waals surface area contributed by atoms with Crippen molar-refractivity contribution >= 4 is 0 Å². The van der Waals surface area contributed by atoms with Crippen LogP contribution in [0.2, 0.25) is 0 Å². The monoisotopic (exact) mass is 285 g/mol. The lowest BCUT2D eigenvalue weighted by Gasteiger charge is -2.14. The van der Waals surface area contributed by atoms with Crippen molar-refractivity contribution < 1.29 is 14.2 Å². The van der Waals surface area contributed by atoms with Gasteiger partial charge in [-0.1, -0.05) is 18.2 Å². The molecule has 0 amide bonds. The lowest BCUT2D eigenvalue weighted by molar-refractivity contribution is 0.354. The molecule has 0 saturated carbocycles. The molecule has 0 N–H and O–H groups in total. The van der Waals surface area contributed by atoms with Crippen LogP contribution in [0, 0.1) is 6.92 Å². The van der Waals surface area contributed by atoms with Gasteiger partial charge in [0.25, 0.3) is 0 Å². The first-order chi connectivity index (χ1) is 10.2. The second-order valence-corrected chi connectivity index (χ2v) is 4.86. The minimum atomic E-state index is 0.175. The average molecular weight is 285 g/mol. The summed E-state index contributed by atoms with van der Waals surface area (Å²) < 4.78 is 15.8. The molecule has 0 heterocycles. The SMILES string of the molecule is [CH2]C(Cc1ccc(OC)c(OC)c1)c1ccc(OC)cc1. The average Bonchev–Trinajstić information content (AvgIpc) is 2.54. The van der Waals surface area contributed by atoms with Crippen LogP contribution in [0.1, 0.15) is 17.0 Å². The van der Waals surface area contributed by atoms with Gasteiger partial charge < -0.3 is 14.2 Å². The fourth-order valence-electron chi connectivity index (χ4n) is 2.29. The van der Waals surface area contributed by atoms with Crippen LogP contribution < -0.4 is 14.2 Å². The predicted molar refractivity (Wildman–Crippen MR) is 84.3 cm³/mol. The maximum absolute atomic E-state index is 5.33. The molecular formula is C18H21O3. The van der Waals surface area contributed by atoms with Crippen LogP contribution in [0.25, 0.3) is 0 Å². The molecule has 0 spiro atoms. The molecule has 21 heavy (non-hydrogen) atoms. The summed E-state index contributed by atoms with van der Waals surface area (Å²) in [6.07, 6.45) is 0.840. The third-order valence-electron chi connectivity index (χ3n) is 3.52. The molecule has 2 rings (SSSR count). The van der Waals surface area contributed by atoms with E-state index < -0.39 is 0 Å². The summed E-state index contributed by atoms with van der Waals surface area (Å²) in [7, 11) is 4.95. The smallest absolute Gasteiger partial charge is 0.160 e.